The van der Waals surface area contributed by atoms with E-state index < -0.39 is 0 Å². The van der Waals surface area contributed by atoms with Crippen molar-refractivity contribution < 1.29 is 0 Å². The van der Waals surface area contributed by atoms with Crippen LogP contribution in [-0.2, 0) is 0 Å². The van der Waals surface area contributed by atoms with Crippen LogP contribution in [0.3, 0.4) is 0 Å². The zero-order chi connectivity index (χ0) is 35.1. The summed E-state index contributed by atoms with van der Waals surface area (Å²) in [7, 11) is 0. The van der Waals surface area contributed by atoms with Gasteiger partial charge >= 0.3 is 0 Å². The molecule has 53 heavy (non-hydrogen) atoms. The molecular formula is C50H33N3. The van der Waals surface area contributed by atoms with E-state index in [-0.39, 0.29) is 0 Å². The Morgan fingerprint density at radius 2 is 0.811 bits per heavy atom. The smallest absolute Gasteiger partial charge is 0.160 e. The standard InChI is InChI=1S/C50H33N3/c1-3-14-34(15-4-1)38-18-13-19-39(32-38)46-33-45(51-50(52-46)37-16-5-2-6-17-37)36-28-26-35(27-29-36)40-30-31-49(42-21-8-7-20-41(40)42)53-47-24-11-9-22-43(47)44-23-10-12-25-48(44)53/h1-33H. The Hall–Kier alpha value is -7.10. The van der Waals surface area contributed by atoms with Crippen LogP contribution in [0.25, 0.3) is 94.4 Å². The highest BCUT2D eigenvalue weighted by Crippen LogP contribution is 2.38. The number of aromatic nitrogens is 3. The van der Waals surface area contributed by atoms with E-state index >= 15 is 0 Å². The minimum atomic E-state index is 0.707. The van der Waals surface area contributed by atoms with E-state index in [9.17, 15) is 0 Å². The van der Waals surface area contributed by atoms with E-state index in [0.717, 1.165) is 39.2 Å². The van der Waals surface area contributed by atoms with Crippen LogP contribution in [0.1, 0.15) is 0 Å². The number of nitrogens with zero attached hydrogens (tertiary/aromatic N) is 3. The lowest BCUT2D eigenvalue weighted by molar-refractivity contribution is 1.18. The van der Waals surface area contributed by atoms with Crippen LogP contribution in [0.4, 0.5) is 0 Å². The maximum absolute atomic E-state index is 5.11. The van der Waals surface area contributed by atoms with Gasteiger partial charge in [0, 0.05) is 32.8 Å². The third kappa shape index (κ3) is 5.47. The first-order chi connectivity index (χ1) is 26.3. The Morgan fingerprint density at radius 1 is 0.302 bits per heavy atom. The van der Waals surface area contributed by atoms with Gasteiger partial charge in [0.05, 0.1) is 28.1 Å². The zero-order valence-corrected chi connectivity index (χ0v) is 28.9. The van der Waals surface area contributed by atoms with E-state index in [1.165, 1.54) is 49.4 Å². The van der Waals surface area contributed by atoms with Crippen molar-refractivity contribution in [1.29, 1.82) is 0 Å². The molecule has 2 heterocycles. The lowest BCUT2D eigenvalue weighted by Crippen LogP contribution is -1.97. The molecule has 0 radical (unpaired) electrons. The Morgan fingerprint density at radius 3 is 1.49 bits per heavy atom. The van der Waals surface area contributed by atoms with Crippen molar-refractivity contribution in [3.8, 4) is 61.8 Å². The van der Waals surface area contributed by atoms with Crippen LogP contribution < -0.4 is 0 Å². The molecule has 10 aromatic rings. The van der Waals surface area contributed by atoms with Crippen LogP contribution in [0, 0.1) is 0 Å². The van der Waals surface area contributed by atoms with E-state index in [1.54, 1.807) is 0 Å². The molecule has 0 aliphatic rings. The molecule has 0 N–H and O–H groups in total. The Labute approximate surface area is 308 Å². The Kier molecular flexibility index (Phi) is 7.47. The topological polar surface area (TPSA) is 30.7 Å². The molecule has 8 aromatic carbocycles. The minimum Gasteiger partial charge on any atom is -0.309 e. The number of hydrogen-bond donors (Lipinski definition) is 0. The van der Waals surface area contributed by atoms with Crippen LogP contribution in [-0.4, -0.2) is 14.5 Å². The predicted molar refractivity (Wildman–Crippen MR) is 221 cm³/mol. The molecule has 0 fully saturated rings. The second-order valence-electron chi connectivity index (χ2n) is 13.4. The number of rotatable bonds is 6. The summed E-state index contributed by atoms with van der Waals surface area (Å²) in [5.41, 5.74) is 13.2. The first-order valence-electron chi connectivity index (χ1n) is 18.0. The summed E-state index contributed by atoms with van der Waals surface area (Å²) in [4.78, 5) is 10.2. The van der Waals surface area contributed by atoms with Gasteiger partial charge in [-0.1, -0.05) is 170 Å². The van der Waals surface area contributed by atoms with E-state index in [4.69, 9.17) is 9.97 Å². The molecule has 0 spiro atoms. The van der Waals surface area contributed by atoms with Gasteiger partial charge in [0.25, 0.3) is 0 Å². The van der Waals surface area contributed by atoms with Gasteiger partial charge in [0.2, 0.25) is 0 Å². The van der Waals surface area contributed by atoms with E-state index in [1.807, 2.05) is 24.3 Å². The fraction of sp³-hybridized carbons (Fsp3) is 0. The molecule has 0 aliphatic carbocycles. The Balaban J connectivity index is 1.07. The molecule has 0 saturated heterocycles. The molecule has 0 aliphatic heterocycles. The van der Waals surface area contributed by atoms with E-state index in [2.05, 4.69) is 180 Å². The van der Waals surface area contributed by atoms with Gasteiger partial charge in [0.1, 0.15) is 0 Å². The van der Waals surface area contributed by atoms with Crippen LogP contribution in [0.15, 0.2) is 200 Å². The van der Waals surface area contributed by atoms with Gasteiger partial charge < -0.3 is 4.57 Å². The molecule has 0 amide bonds. The summed E-state index contributed by atoms with van der Waals surface area (Å²) in [6.45, 7) is 0. The largest absolute Gasteiger partial charge is 0.309 e. The van der Waals surface area contributed by atoms with Crippen LogP contribution in [0.2, 0.25) is 0 Å². The number of para-hydroxylation sites is 2. The fourth-order valence-electron chi connectivity index (χ4n) is 7.68. The minimum absolute atomic E-state index is 0.707. The quantitative estimate of drug-likeness (QED) is 0.176. The van der Waals surface area contributed by atoms with E-state index in [0.29, 0.717) is 5.82 Å². The first kappa shape index (κ1) is 30.7. The molecule has 2 aromatic heterocycles. The Bertz CT molecular complexity index is 2870. The van der Waals surface area contributed by atoms with Gasteiger partial charge in [-0.3, -0.25) is 0 Å². The van der Waals surface area contributed by atoms with Gasteiger partial charge in [-0.15, -0.1) is 0 Å². The third-order valence-corrected chi connectivity index (χ3v) is 10.2. The normalized spacial score (nSPS) is 11.4. The highest BCUT2D eigenvalue weighted by atomic mass is 15.0. The van der Waals surface area contributed by atoms with Crippen LogP contribution >= 0.6 is 0 Å². The molecule has 0 saturated carbocycles. The highest BCUT2D eigenvalue weighted by molar-refractivity contribution is 6.11. The monoisotopic (exact) mass is 675 g/mol. The van der Waals surface area contributed by atoms with Crippen molar-refractivity contribution in [2.24, 2.45) is 0 Å². The molecule has 0 atom stereocenters. The van der Waals surface area contributed by atoms with Gasteiger partial charge in [-0.2, -0.15) is 0 Å². The average molecular weight is 676 g/mol. The fourth-order valence-corrected chi connectivity index (χ4v) is 7.68. The first-order valence-corrected chi connectivity index (χ1v) is 18.0. The molecule has 10 rings (SSSR count). The SMILES string of the molecule is c1ccc(-c2cccc(-c3cc(-c4ccc(-c5ccc(-n6c7ccccc7c7ccccc76)c6ccccc56)cc4)nc(-c4ccccc4)n3)c2)cc1. The molecular weight excluding hydrogens is 643 g/mol. The summed E-state index contributed by atoms with van der Waals surface area (Å²) >= 11 is 0. The summed E-state index contributed by atoms with van der Waals surface area (Å²) in [6.07, 6.45) is 0. The molecule has 0 unspecified atom stereocenters. The van der Waals surface area contributed by atoms with Crippen LogP contribution in [0.5, 0.6) is 0 Å². The van der Waals surface area contributed by atoms with Gasteiger partial charge in [-0.05, 0) is 58.0 Å². The maximum Gasteiger partial charge on any atom is 0.160 e. The van der Waals surface area contributed by atoms with Crippen molar-refractivity contribution >= 4 is 32.6 Å². The average Bonchev–Trinajstić information content (AvgIpc) is 3.58. The number of benzene rings is 8. The summed E-state index contributed by atoms with van der Waals surface area (Å²) < 4.78 is 2.41. The summed E-state index contributed by atoms with van der Waals surface area (Å²) in [5, 5.41) is 4.96. The maximum atomic E-state index is 5.11. The zero-order valence-electron chi connectivity index (χ0n) is 28.9. The third-order valence-electron chi connectivity index (χ3n) is 10.2. The number of hydrogen-bond acceptors (Lipinski definition) is 2. The summed E-state index contributed by atoms with van der Waals surface area (Å²) in [5.74, 6) is 0.707. The molecule has 248 valence electrons. The van der Waals surface area contributed by atoms with Crippen molar-refractivity contribution in [3.05, 3.63) is 200 Å². The second kappa shape index (κ2) is 12.9. The summed E-state index contributed by atoms with van der Waals surface area (Å²) in [6, 6.07) is 70.9. The molecule has 3 nitrogen and oxygen atoms in total. The van der Waals surface area contributed by atoms with Gasteiger partial charge in [0.15, 0.2) is 5.82 Å². The van der Waals surface area contributed by atoms with Crippen molar-refractivity contribution in [3.63, 3.8) is 0 Å². The van der Waals surface area contributed by atoms with Gasteiger partial charge in [-0.25, -0.2) is 9.97 Å². The predicted octanol–water partition coefficient (Wildman–Crippen LogP) is 13.1. The van der Waals surface area contributed by atoms with Crippen molar-refractivity contribution in [1.82, 2.24) is 14.5 Å². The molecule has 0 bridgehead atoms. The highest BCUT2D eigenvalue weighted by Gasteiger charge is 2.16. The van der Waals surface area contributed by atoms with Crippen molar-refractivity contribution in [2.75, 3.05) is 0 Å². The lowest BCUT2D eigenvalue weighted by atomic mass is 9.95. The van der Waals surface area contributed by atoms with Crippen molar-refractivity contribution in [2.45, 2.75) is 0 Å². The lowest BCUT2D eigenvalue weighted by Gasteiger charge is -2.15. The molecule has 3 heteroatoms. The number of fused-ring (bicyclic) bond motifs is 4. The second-order valence-corrected chi connectivity index (χ2v) is 13.4.